The maximum absolute atomic E-state index is 12.5. The Bertz CT molecular complexity index is 1120. The Morgan fingerprint density at radius 2 is 1.85 bits per heavy atom. The number of carbonyl (C=O) groups excluding carboxylic acids is 2. The number of carbonyl (C=O) groups is 2. The van der Waals surface area contributed by atoms with Crippen molar-refractivity contribution in [3.63, 3.8) is 0 Å². The number of thioether (sulfide) groups is 1. The third-order valence-corrected chi connectivity index (χ3v) is 7.19. The number of amides is 3. The molecule has 3 aromatic rings. The standard InChI is InChI=1S/C25H31N5O2S/c1-3-26-24(32)27-23(31)17(2)33-25-29-28-22(30(25)20-13-5-4-6-14-20)16-19-12-9-11-18-10-7-8-15-21(18)19/h7-12,15,17,20H,3-6,13-14,16H2,1-2H3,(H2,26,27,31,32). The number of aromatic nitrogens is 3. The molecule has 3 amide bonds. The van der Waals surface area contributed by atoms with Crippen LogP contribution in [0.15, 0.2) is 47.6 Å². The molecule has 2 N–H and O–H groups in total. The van der Waals surface area contributed by atoms with Gasteiger partial charge in [-0.25, -0.2) is 4.79 Å². The van der Waals surface area contributed by atoms with Crippen molar-refractivity contribution >= 4 is 34.5 Å². The van der Waals surface area contributed by atoms with Crippen LogP contribution in [-0.2, 0) is 11.2 Å². The molecule has 2 aromatic carbocycles. The summed E-state index contributed by atoms with van der Waals surface area (Å²) in [4.78, 5) is 24.3. The average Bonchev–Trinajstić information content (AvgIpc) is 3.21. The number of imide groups is 1. The van der Waals surface area contributed by atoms with Crippen molar-refractivity contribution in [3.8, 4) is 0 Å². The molecule has 1 unspecified atom stereocenters. The fourth-order valence-electron chi connectivity index (χ4n) is 4.46. The molecule has 0 bridgehead atoms. The third kappa shape index (κ3) is 5.55. The normalized spacial score (nSPS) is 15.3. The molecule has 1 saturated carbocycles. The fourth-order valence-corrected chi connectivity index (χ4v) is 5.40. The number of hydrogen-bond acceptors (Lipinski definition) is 5. The van der Waals surface area contributed by atoms with E-state index >= 15 is 0 Å². The van der Waals surface area contributed by atoms with E-state index in [1.54, 1.807) is 6.92 Å². The molecule has 1 aliphatic carbocycles. The molecule has 0 aliphatic heterocycles. The first-order valence-electron chi connectivity index (χ1n) is 11.7. The van der Waals surface area contributed by atoms with Crippen LogP contribution in [0.4, 0.5) is 4.79 Å². The highest BCUT2D eigenvalue weighted by Crippen LogP contribution is 2.35. The number of urea groups is 1. The molecule has 1 heterocycles. The van der Waals surface area contributed by atoms with E-state index in [2.05, 4.69) is 67.9 Å². The van der Waals surface area contributed by atoms with Gasteiger partial charge in [-0.3, -0.25) is 10.1 Å². The lowest BCUT2D eigenvalue weighted by Gasteiger charge is -2.26. The number of nitrogens with one attached hydrogen (secondary N) is 2. The molecule has 1 atom stereocenters. The highest BCUT2D eigenvalue weighted by molar-refractivity contribution is 8.00. The molecular formula is C25H31N5O2S. The Labute approximate surface area is 198 Å². The van der Waals surface area contributed by atoms with Gasteiger partial charge in [-0.15, -0.1) is 10.2 Å². The van der Waals surface area contributed by atoms with Gasteiger partial charge in [0.2, 0.25) is 5.91 Å². The first-order valence-corrected chi connectivity index (χ1v) is 12.6. The predicted octanol–water partition coefficient (Wildman–Crippen LogP) is 4.85. The summed E-state index contributed by atoms with van der Waals surface area (Å²) in [5.74, 6) is 0.594. The van der Waals surface area contributed by atoms with Crippen LogP contribution in [-0.4, -0.2) is 38.5 Å². The van der Waals surface area contributed by atoms with Crippen LogP contribution in [0.5, 0.6) is 0 Å². The van der Waals surface area contributed by atoms with Crippen molar-refractivity contribution in [2.75, 3.05) is 6.54 Å². The van der Waals surface area contributed by atoms with E-state index in [4.69, 9.17) is 0 Å². The van der Waals surface area contributed by atoms with E-state index in [1.807, 2.05) is 6.92 Å². The van der Waals surface area contributed by atoms with Crippen LogP contribution in [0, 0.1) is 0 Å². The predicted molar refractivity (Wildman–Crippen MR) is 131 cm³/mol. The van der Waals surface area contributed by atoms with E-state index in [1.165, 1.54) is 47.4 Å². The molecule has 0 radical (unpaired) electrons. The lowest BCUT2D eigenvalue weighted by molar-refractivity contribution is -0.119. The van der Waals surface area contributed by atoms with Gasteiger partial charge in [0.15, 0.2) is 5.16 Å². The molecule has 4 rings (SSSR count). The van der Waals surface area contributed by atoms with Crippen LogP contribution >= 0.6 is 11.8 Å². The largest absolute Gasteiger partial charge is 0.338 e. The minimum absolute atomic E-state index is 0.333. The summed E-state index contributed by atoms with van der Waals surface area (Å²) in [6.07, 6.45) is 6.50. The molecule has 7 nitrogen and oxygen atoms in total. The van der Waals surface area contributed by atoms with Gasteiger partial charge in [0.25, 0.3) is 0 Å². The molecule has 8 heteroatoms. The molecule has 174 valence electrons. The van der Waals surface area contributed by atoms with Gasteiger partial charge in [0.1, 0.15) is 5.82 Å². The summed E-state index contributed by atoms with van der Waals surface area (Å²) in [6, 6.07) is 14.6. The Kier molecular flexibility index (Phi) is 7.65. The monoisotopic (exact) mass is 465 g/mol. The van der Waals surface area contributed by atoms with Crippen LogP contribution in [0.3, 0.4) is 0 Å². The van der Waals surface area contributed by atoms with Crippen LogP contribution in [0.25, 0.3) is 10.8 Å². The van der Waals surface area contributed by atoms with Gasteiger partial charge in [-0.2, -0.15) is 0 Å². The van der Waals surface area contributed by atoms with Gasteiger partial charge >= 0.3 is 6.03 Å². The molecule has 1 aromatic heterocycles. The van der Waals surface area contributed by atoms with E-state index in [0.717, 1.165) is 23.8 Å². The van der Waals surface area contributed by atoms with Crippen molar-refractivity contribution in [2.24, 2.45) is 0 Å². The lowest BCUT2D eigenvalue weighted by Crippen LogP contribution is -2.42. The first kappa shape index (κ1) is 23.3. The van der Waals surface area contributed by atoms with Crippen molar-refractivity contribution in [2.45, 2.75) is 68.8 Å². The summed E-state index contributed by atoms with van der Waals surface area (Å²) in [5.41, 5.74) is 1.22. The maximum atomic E-state index is 12.5. The maximum Gasteiger partial charge on any atom is 0.321 e. The second kappa shape index (κ2) is 10.8. The topological polar surface area (TPSA) is 88.9 Å². The Balaban J connectivity index is 1.60. The van der Waals surface area contributed by atoms with Gasteiger partial charge in [0.05, 0.1) is 5.25 Å². The molecule has 1 aliphatic rings. The van der Waals surface area contributed by atoms with E-state index in [-0.39, 0.29) is 5.91 Å². The van der Waals surface area contributed by atoms with Crippen molar-refractivity contribution in [3.05, 3.63) is 53.9 Å². The number of fused-ring (bicyclic) bond motifs is 1. The number of nitrogens with zero attached hydrogens (tertiary/aromatic N) is 3. The van der Waals surface area contributed by atoms with Crippen molar-refractivity contribution < 1.29 is 9.59 Å². The lowest BCUT2D eigenvalue weighted by atomic mass is 9.95. The van der Waals surface area contributed by atoms with Gasteiger partial charge < -0.3 is 9.88 Å². The summed E-state index contributed by atoms with van der Waals surface area (Å²) in [5, 5.41) is 16.8. The van der Waals surface area contributed by atoms with E-state index < -0.39 is 11.3 Å². The number of benzene rings is 2. The smallest absolute Gasteiger partial charge is 0.321 e. The summed E-state index contributed by atoms with van der Waals surface area (Å²) < 4.78 is 2.25. The first-order chi connectivity index (χ1) is 16.1. The Hall–Kier alpha value is -2.87. The van der Waals surface area contributed by atoms with E-state index in [9.17, 15) is 9.59 Å². The Morgan fingerprint density at radius 3 is 2.64 bits per heavy atom. The zero-order valence-corrected chi connectivity index (χ0v) is 20.0. The van der Waals surface area contributed by atoms with Gasteiger partial charge in [-0.1, -0.05) is 73.5 Å². The third-order valence-electron chi connectivity index (χ3n) is 6.13. The average molecular weight is 466 g/mol. The fraction of sp³-hybridized carbons (Fsp3) is 0.440. The number of hydrogen-bond donors (Lipinski definition) is 2. The molecular weight excluding hydrogens is 434 g/mol. The second-order valence-corrected chi connectivity index (χ2v) is 9.79. The zero-order chi connectivity index (χ0) is 23.2. The van der Waals surface area contributed by atoms with Gasteiger partial charge in [0, 0.05) is 19.0 Å². The van der Waals surface area contributed by atoms with Crippen molar-refractivity contribution in [1.82, 2.24) is 25.4 Å². The van der Waals surface area contributed by atoms with Crippen LogP contribution in [0.1, 0.15) is 63.4 Å². The quantitative estimate of drug-likeness (QED) is 0.487. The second-order valence-electron chi connectivity index (χ2n) is 8.48. The number of rotatable bonds is 7. The molecule has 0 saturated heterocycles. The summed E-state index contributed by atoms with van der Waals surface area (Å²) in [6.45, 7) is 4.07. The minimum Gasteiger partial charge on any atom is -0.338 e. The van der Waals surface area contributed by atoms with Gasteiger partial charge in [-0.05, 0) is 43.0 Å². The van der Waals surface area contributed by atoms with Crippen LogP contribution in [0.2, 0.25) is 0 Å². The zero-order valence-electron chi connectivity index (χ0n) is 19.2. The van der Waals surface area contributed by atoms with Crippen molar-refractivity contribution in [1.29, 1.82) is 0 Å². The van der Waals surface area contributed by atoms with E-state index in [0.29, 0.717) is 19.0 Å². The molecule has 1 fully saturated rings. The minimum atomic E-state index is -0.472. The Morgan fingerprint density at radius 1 is 1.09 bits per heavy atom. The SMILES string of the molecule is CCNC(=O)NC(=O)C(C)Sc1nnc(Cc2cccc3ccccc23)n1C1CCCCC1. The molecule has 33 heavy (non-hydrogen) atoms. The highest BCUT2D eigenvalue weighted by atomic mass is 32.2. The summed E-state index contributed by atoms with van der Waals surface area (Å²) in [7, 11) is 0. The molecule has 0 spiro atoms. The van der Waals surface area contributed by atoms with Crippen LogP contribution < -0.4 is 10.6 Å². The highest BCUT2D eigenvalue weighted by Gasteiger charge is 2.26. The summed E-state index contributed by atoms with van der Waals surface area (Å²) >= 11 is 1.36.